The fraction of sp³-hybridized carbons (Fsp3) is 0.391. The van der Waals surface area contributed by atoms with Crippen LogP contribution in [-0.2, 0) is 14.8 Å². The summed E-state index contributed by atoms with van der Waals surface area (Å²) in [6.07, 6.45) is 0.757. The number of benzene rings is 2. The molecule has 1 amide bonds. The maximum atomic E-state index is 13.1. The van der Waals surface area contributed by atoms with Gasteiger partial charge in [-0.05, 0) is 36.4 Å². The Hall–Kier alpha value is -2.98. The van der Waals surface area contributed by atoms with Gasteiger partial charge in [0.2, 0.25) is 15.9 Å². The lowest BCUT2D eigenvalue weighted by Gasteiger charge is -2.34. The second kappa shape index (κ2) is 9.88. The van der Waals surface area contributed by atoms with E-state index in [1.807, 2.05) is 0 Å². The topological polar surface area (TPSA) is 93.2 Å². The molecule has 0 N–H and O–H groups in total. The molecule has 0 aromatic heterocycles. The van der Waals surface area contributed by atoms with Crippen LogP contribution in [-0.4, -0.2) is 68.7 Å². The lowest BCUT2D eigenvalue weighted by Crippen LogP contribution is -2.50. The largest absolute Gasteiger partial charge is 0.490 e. The number of carbonyl (C=O) groups excluding carboxylic acids is 2. The minimum Gasteiger partial charge on any atom is -0.490 e. The van der Waals surface area contributed by atoms with Crippen LogP contribution < -0.4 is 9.47 Å². The molecule has 0 saturated carbocycles. The first kappa shape index (κ1) is 23.2. The number of fused-ring (bicyclic) bond motifs is 1. The minimum absolute atomic E-state index is 0.0141. The summed E-state index contributed by atoms with van der Waals surface area (Å²) in [5.41, 5.74) is 0.357. The van der Waals surface area contributed by atoms with E-state index >= 15 is 0 Å². The Morgan fingerprint density at radius 2 is 1.55 bits per heavy atom. The number of hydrogen-bond donors (Lipinski definition) is 0. The lowest BCUT2D eigenvalue weighted by atomic mass is 10.1. The van der Waals surface area contributed by atoms with Crippen molar-refractivity contribution >= 4 is 21.7 Å². The van der Waals surface area contributed by atoms with E-state index in [1.54, 1.807) is 11.0 Å². The third-order valence-corrected chi connectivity index (χ3v) is 7.57. The summed E-state index contributed by atoms with van der Waals surface area (Å²) < 4.78 is 51.7. The van der Waals surface area contributed by atoms with Gasteiger partial charge < -0.3 is 14.4 Å². The van der Waals surface area contributed by atoms with E-state index in [0.29, 0.717) is 30.3 Å². The van der Waals surface area contributed by atoms with Crippen molar-refractivity contribution in [3.63, 3.8) is 0 Å². The van der Waals surface area contributed by atoms with Crippen molar-refractivity contribution in [2.75, 3.05) is 39.4 Å². The maximum Gasteiger partial charge on any atom is 0.243 e. The number of hydrogen-bond acceptors (Lipinski definition) is 6. The highest BCUT2D eigenvalue weighted by atomic mass is 32.2. The van der Waals surface area contributed by atoms with E-state index in [-0.39, 0.29) is 55.6 Å². The molecule has 2 aliphatic rings. The molecule has 0 aliphatic carbocycles. The highest BCUT2D eigenvalue weighted by Gasteiger charge is 2.31. The predicted molar refractivity (Wildman–Crippen MR) is 117 cm³/mol. The van der Waals surface area contributed by atoms with Gasteiger partial charge in [0, 0.05) is 57.1 Å². The van der Waals surface area contributed by atoms with Crippen molar-refractivity contribution < 1.29 is 31.9 Å². The molecule has 10 heteroatoms. The molecule has 4 rings (SSSR count). The Balaban J connectivity index is 1.32. The Morgan fingerprint density at radius 3 is 2.24 bits per heavy atom. The Labute approximate surface area is 191 Å². The van der Waals surface area contributed by atoms with Gasteiger partial charge in [-0.3, -0.25) is 9.59 Å². The molecule has 0 spiro atoms. The third kappa shape index (κ3) is 5.33. The van der Waals surface area contributed by atoms with Gasteiger partial charge in [0.15, 0.2) is 17.3 Å². The molecule has 0 radical (unpaired) electrons. The summed E-state index contributed by atoms with van der Waals surface area (Å²) in [5, 5.41) is 0. The number of piperazine rings is 1. The number of halogens is 1. The van der Waals surface area contributed by atoms with Crippen LogP contribution in [0.5, 0.6) is 11.5 Å². The Kier molecular flexibility index (Phi) is 6.94. The van der Waals surface area contributed by atoms with E-state index in [4.69, 9.17) is 9.47 Å². The summed E-state index contributed by atoms with van der Waals surface area (Å²) in [5.74, 6) is 0.0597. The van der Waals surface area contributed by atoms with E-state index < -0.39 is 15.8 Å². The number of Topliss-reactive ketones (excluding diaryl/α,β-unsaturated/α-hetero) is 1. The van der Waals surface area contributed by atoms with E-state index in [1.165, 1.54) is 40.7 Å². The normalized spacial score (nSPS) is 16.8. The van der Waals surface area contributed by atoms with Crippen LogP contribution in [0.4, 0.5) is 4.39 Å². The molecular formula is C23H25FN2O6S. The predicted octanol–water partition coefficient (Wildman–Crippen LogP) is 2.48. The van der Waals surface area contributed by atoms with Crippen molar-refractivity contribution in [3.05, 3.63) is 53.8 Å². The number of ketones is 1. The van der Waals surface area contributed by atoms with Gasteiger partial charge in [0.05, 0.1) is 18.1 Å². The van der Waals surface area contributed by atoms with E-state index in [2.05, 4.69) is 0 Å². The van der Waals surface area contributed by atoms with Crippen LogP contribution in [0.15, 0.2) is 47.4 Å². The number of ether oxygens (including phenoxy) is 2. The van der Waals surface area contributed by atoms with Gasteiger partial charge >= 0.3 is 0 Å². The first-order chi connectivity index (χ1) is 15.8. The maximum absolute atomic E-state index is 13.1. The van der Waals surface area contributed by atoms with Crippen LogP contribution in [0, 0.1) is 5.82 Å². The number of carbonyl (C=O) groups is 2. The van der Waals surface area contributed by atoms with Crippen molar-refractivity contribution in [3.8, 4) is 11.5 Å². The molecule has 8 nitrogen and oxygen atoms in total. The van der Waals surface area contributed by atoms with Gasteiger partial charge in [-0.1, -0.05) is 0 Å². The second-order valence-corrected chi connectivity index (χ2v) is 9.81. The molecule has 0 atom stereocenters. The van der Waals surface area contributed by atoms with Crippen LogP contribution >= 0.6 is 0 Å². The summed E-state index contributed by atoms with van der Waals surface area (Å²) in [4.78, 5) is 26.4. The molecule has 2 aromatic carbocycles. The van der Waals surface area contributed by atoms with Crippen LogP contribution in [0.3, 0.4) is 0 Å². The number of amides is 1. The van der Waals surface area contributed by atoms with Gasteiger partial charge in [-0.2, -0.15) is 4.31 Å². The highest BCUT2D eigenvalue weighted by Crippen LogP contribution is 2.33. The average molecular weight is 477 g/mol. The quantitative estimate of drug-likeness (QED) is 0.595. The van der Waals surface area contributed by atoms with Gasteiger partial charge in [-0.15, -0.1) is 0 Å². The van der Waals surface area contributed by atoms with Crippen LogP contribution in [0.25, 0.3) is 0 Å². The van der Waals surface area contributed by atoms with Crippen molar-refractivity contribution in [2.45, 2.75) is 24.2 Å². The standard InChI is InChI=1S/C23H25FN2O6S/c24-18-4-2-17(3-5-18)20(27)7-9-23(28)25-10-12-26(13-11-25)33(29,30)19-6-8-21-22(16-19)32-15-1-14-31-21/h2-6,8,16H,1,7,9-15H2. The van der Waals surface area contributed by atoms with Crippen molar-refractivity contribution in [1.82, 2.24) is 9.21 Å². The zero-order valence-corrected chi connectivity index (χ0v) is 18.9. The Morgan fingerprint density at radius 1 is 0.879 bits per heavy atom. The van der Waals surface area contributed by atoms with Crippen molar-refractivity contribution in [2.24, 2.45) is 0 Å². The third-order valence-electron chi connectivity index (χ3n) is 5.68. The summed E-state index contributed by atoms with van der Waals surface area (Å²) in [7, 11) is -3.75. The molecule has 2 aliphatic heterocycles. The first-order valence-electron chi connectivity index (χ1n) is 10.8. The molecule has 0 unspecified atom stereocenters. The van der Waals surface area contributed by atoms with Gasteiger partial charge in [0.1, 0.15) is 5.82 Å². The fourth-order valence-corrected chi connectivity index (χ4v) is 5.23. The molecule has 1 saturated heterocycles. The lowest BCUT2D eigenvalue weighted by molar-refractivity contribution is -0.132. The van der Waals surface area contributed by atoms with Crippen LogP contribution in [0.2, 0.25) is 0 Å². The first-order valence-corrected chi connectivity index (χ1v) is 12.2. The zero-order chi connectivity index (χ0) is 23.4. The Bertz CT molecular complexity index is 1130. The monoisotopic (exact) mass is 476 g/mol. The number of rotatable bonds is 6. The summed E-state index contributed by atoms with van der Waals surface area (Å²) >= 11 is 0. The molecule has 33 heavy (non-hydrogen) atoms. The summed E-state index contributed by atoms with van der Waals surface area (Å²) in [6, 6.07) is 9.79. The van der Waals surface area contributed by atoms with Gasteiger partial charge in [-0.25, -0.2) is 12.8 Å². The zero-order valence-electron chi connectivity index (χ0n) is 18.0. The van der Waals surface area contributed by atoms with Crippen LogP contribution in [0.1, 0.15) is 29.6 Å². The molecule has 0 bridgehead atoms. The molecule has 2 heterocycles. The fourth-order valence-electron chi connectivity index (χ4n) is 3.79. The smallest absolute Gasteiger partial charge is 0.243 e. The molecule has 176 valence electrons. The van der Waals surface area contributed by atoms with E-state index in [9.17, 15) is 22.4 Å². The molecule has 1 fully saturated rings. The van der Waals surface area contributed by atoms with E-state index in [0.717, 1.165) is 6.42 Å². The SMILES string of the molecule is O=C(CCC(=O)N1CCN(S(=O)(=O)c2ccc3c(c2)OCCCO3)CC1)c1ccc(F)cc1. The highest BCUT2D eigenvalue weighted by molar-refractivity contribution is 7.89. The van der Waals surface area contributed by atoms with Gasteiger partial charge in [0.25, 0.3) is 0 Å². The minimum atomic E-state index is -3.75. The summed E-state index contributed by atoms with van der Waals surface area (Å²) in [6.45, 7) is 1.79. The van der Waals surface area contributed by atoms with Crippen molar-refractivity contribution in [1.29, 1.82) is 0 Å². The molecular weight excluding hydrogens is 451 g/mol. The average Bonchev–Trinajstić information content (AvgIpc) is 3.08. The number of sulfonamides is 1. The number of nitrogens with zero attached hydrogens (tertiary/aromatic N) is 2. The second-order valence-electron chi connectivity index (χ2n) is 7.87. The molecule has 2 aromatic rings.